The van der Waals surface area contributed by atoms with E-state index in [1.807, 2.05) is 19.1 Å². The lowest BCUT2D eigenvalue weighted by Gasteiger charge is -2.09. The molecule has 0 aliphatic carbocycles. The average Bonchev–Trinajstić information content (AvgIpc) is 3.26. The van der Waals surface area contributed by atoms with Crippen LogP contribution >= 0.6 is 11.6 Å². The van der Waals surface area contributed by atoms with Crippen molar-refractivity contribution in [3.8, 4) is 5.75 Å². The van der Waals surface area contributed by atoms with Crippen molar-refractivity contribution < 1.29 is 22.7 Å². The monoisotopic (exact) mass is 499 g/mol. The Balaban J connectivity index is 1.34. The number of aryl methyl sites for hydroxylation is 1. The van der Waals surface area contributed by atoms with Gasteiger partial charge in [-0.2, -0.15) is 18.3 Å². The number of nitrogens with one attached hydrogen (secondary N) is 1. The maximum Gasteiger partial charge on any atom is 0.416 e. The molecule has 0 bridgehead atoms. The Morgan fingerprint density at radius 1 is 1.06 bits per heavy atom. The van der Waals surface area contributed by atoms with Gasteiger partial charge < -0.3 is 10.1 Å². The van der Waals surface area contributed by atoms with E-state index in [2.05, 4.69) is 10.4 Å². The Morgan fingerprint density at radius 3 is 2.57 bits per heavy atom. The summed E-state index contributed by atoms with van der Waals surface area (Å²) in [4.78, 5) is 12.6. The van der Waals surface area contributed by atoms with Crippen LogP contribution in [-0.4, -0.2) is 15.7 Å². The summed E-state index contributed by atoms with van der Waals surface area (Å²) in [5.74, 6) is 0.258. The largest absolute Gasteiger partial charge is 0.487 e. The molecular formula is C26H21ClF3N3O2. The number of carbonyl (C=O) groups excluding carboxylic acids is 1. The molecule has 35 heavy (non-hydrogen) atoms. The average molecular weight is 500 g/mol. The van der Waals surface area contributed by atoms with Gasteiger partial charge in [-0.3, -0.25) is 9.48 Å². The van der Waals surface area contributed by atoms with Crippen LogP contribution in [0.5, 0.6) is 5.75 Å². The van der Waals surface area contributed by atoms with E-state index in [9.17, 15) is 18.0 Å². The van der Waals surface area contributed by atoms with Gasteiger partial charge in [-0.25, -0.2) is 0 Å². The number of hydrogen-bond donors (Lipinski definition) is 1. The van der Waals surface area contributed by atoms with Crippen LogP contribution in [0.15, 0.2) is 79.1 Å². The summed E-state index contributed by atoms with van der Waals surface area (Å²) in [7, 11) is 0. The maximum atomic E-state index is 12.9. The molecular weight excluding hydrogens is 479 g/mol. The molecule has 5 nitrogen and oxygen atoms in total. The van der Waals surface area contributed by atoms with Crippen LogP contribution in [0, 0.1) is 6.92 Å². The van der Waals surface area contributed by atoms with Crippen LogP contribution in [0.4, 0.5) is 18.9 Å². The molecule has 180 valence electrons. The van der Waals surface area contributed by atoms with Crippen LogP contribution < -0.4 is 10.1 Å². The summed E-state index contributed by atoms with van der Waals surface area (Å²) in [6.07, 6.45) is -1.40. The van der Waals surface area contributed by atoms with Crippen molar-refractivity contribution in [3.63, 3.8) is 0 Å². The lowest BCUT2D eigenvalue weighted by molar-refractivity contribution is -0.137. The van der Waals surface area contributed by atoms with Gasteiger partial charge in [0.1, 0.15) is 12.4 Å². The number of halogens is 4. The third-order valence-corrected chi connectivity index (χ3v) is 5.50. The molecule has 1 aromatic heterocycles. The van der Waals surface area contributed by atoms with Crippen LogP contribution in [-0.2, 0) is 19.3 Å². The first kappa shape index (κ1) is 24.3. The van der Waals surface area contributed by atoms with Gasteiger partial charge in [-0.1, -0.05) is 41.9 Å². The number of aromatic nitrogens is 2. The minimum absolute atomic E-state index is 0.138. The molecule has 0 atom stereocenters. The van der Waals surface area contributed by atoms with Gasteiger partial charge in [-0.15, -0.1) is 0 Å². The van der Waals surface area contributed by atoms with E-state index < -0.39 is 11.7 Å². The highest BCUT2D eigenvalue weighted by molar-refractivity contribution is 6.32. The van der Waals surface area contributed by atoms with E-state index in [1.54, 1.807) is 42.6 Å². The minimum atomic E-state index is -4.41. The highest BCUT2D eigenvalue weighted by Gasteiger charge is 2.30. The van der Waals surface area contributed by atoms with Crippen molar-refractivity contribution in [2.75, 3.05) is 5.32 Å². The molecule has 0 spiro atoms. The van der Waals surface area contributed by atoms with Gasteiger partial charge in [0.25, 0.3) is 5.91 Å². The lowest BCUT2D eigenvalue weighted by Crippen LogP contribution is -2.11. The van der Waals surface area contributed by atoms with Crippen LogP contribution in [0.3, 0.4) is 0 Å². The Labute approximate surface area is 205 Å². The summed E-state index contributed by atoms with van der Waals surface area (Å²) in [5, 5.41) is 7.39. The van der Waals surface area contributed by atoms with Gasteiger partial charge in [-0.05, 0) is 60.0 Å². The third kappa shape index (κ3) is 6.42. The van der Waals surface area contributed by atoms with Crippen LogP contribution in [0.1, 0.15) is 32.6 Å². The van der Waals surface area contributed by atoms with Gasteiger partial charge in [0.2, 0.25) is 0 Å². The number of anilines is 1. The Bertz CT molecular complexity index is 1330. The molecule has 9 heteroatoms. The van der Waals surface area contributed by atoms with E-state index in [1.165, 1.54) is 16.9 Å². The Hall–Kier alpha value is -3.78. The Kier molecular flexibility index (Phi) is 7.12. The second kappa shape index (κ2) is 10.2. The first-order chi connectivity index (χ1) is 16.7. The number of nitrogens with zero attached hydrogens (tertiary/aromatic N) is 2. The number of rotatable bonds is 7. The van der Waals surface area contributed by atoms with E-state index in [-0.39, 0.29) is 12.5 Å². The first-order valence-electron chi connectivity index (χ1n) is 10.7. The van der Waals surface area contributed by atoms with E-state index >= 15 is 0 Å². The zero-order chi connectivity index (χ0) is 25.0. The van der Waals surface area contributed by atoms with Crippen molar-refractivity contribution in [2.45, 2.75) is 26.3 Å². The second-order valence-electron chi connectivity index (χ2n) is 8.00. The smallest absolute Gasteiger partial charge is 0.416 e. The molecule has 0 saturated carbocycles. The fourth-order valence-corrected chi connectivity index (χ4v) is 3.56. The minimum Gasteiger partial charge on any atom is -0.487 e. The zero-order valence-corrected chi connectivity index (χ0v) is 19.4. The number of benzene rings is 3. The fourth-order valence-electron chi connectivity index (χ4n) is 3.39. The zero-order valence-electron chi connectivity index (χ0n) is 18.6. The number of amides is 1. The molecule has 0 aliphatic rings. The van der Waals surface area contributed by atoms with E-state index in [0.717, 1.165) is 23.3 Å². The summed E-state index contributed by atoms with van der Waals surface area (Å²) in [6, 6.07) is 17.5. The fraction of sp³-hybridized carbons (Fsp3) is 0.154. The molecule has 1 N–H and O–H groups in total. The molecule has 4 rings (SSSR count). The molecule has 1 amide bonds. The third-order valence-electron chi connectivity index (χ3n) is 5.19. The molecule has 4 aromatic rings. The molecule has 3 aromatic carbocycles. The van der Waals surface area contributed by atoms with Gasteiger partial charge in [0, 0.05) is 11.8 Å². The summed E-state index contributed by atoms with van der Waals surface area (Å²) < 4.78 is 46.0. The maximum absolute atomic E-state index is 12.9. The lowest BCUT2D eigenvalue weighted by atomic mass is 10.1. The van der Waals surface area contributed by atoms with Crippen LogP contribution in [0.2, 0.25) is 5.02 Å². The highest BCUT2D eigenvalue weighted by atomic mass is 35.5. The predicted molar refractivity (Wildman–Crippen MR) is 128 cm³/mol. The van der Waals surface area contributed by atoms with Gasteiger partial charge in [0.15, 0.2) is 0 Å². The predicted octanol–water partition coefficient (Wildman–Crippen LogP) is 6.74. The number of hydrogen-bond acceptors (Lipinski definition) is 3. The van der Waals surface area contributed by atoms with E-state index in [4.69, 9.17) is 16.3 Å². The molecule has 0 aliphatic heterocycles. The molecule has 0 unspecified atom stereocenters. The quantitative estimate of drug-likeness (QED) is 0.306. The summed E-state index contributed by atoms with van der Waals surface area (Å²) in [6.45, 7) is 2.39. The molecule has 0 fully saturated rings. The Morgan fingerprint density at radius 2 is 1.83 bits per heavy atom. The topological polar surface area (TPSA) is 56.1 Å². The van der Waals surface area contributed by atoms with Crippen molar-refractivity contribution >= 4 is 23.2 Å². The normalized spacial score (nSPS) is 11.3. The molecule has 0 saturated heterocycles. The first-order valence-corrected chi connectivity index (χ1v) is 11.0. The van der Waals surface area contributed by atoms with Crippen LogP contribution in [0.25, 0.3) is 0 Å². The summed E-state index contributed by atoms with van der Waals surface area (Å²) >= 11 is 6.15. The van der Waals surface area contributed by atoms with Gasteiger partial charge in [0.05, 0.1) is 29.0 Å². The van der Waals surface area contributed by atoms with Crippen molar-refractivity contribution in [1.29, 1.82) is 0 Å². The molecule has 0 radical (unpaired) electrons. The second-order valence-corrected chi connectivity index (χ2v) is 8.41. The number of ether oxygens (including phenoxy) is 1. The number of alkyl halides is 3. The SMILES string of the molecule is Cc1ccc(Cl)c(OCc2ccc(C(=O)Nc3cnn(Cc4cccc(C(F)(F)F)c4)c3)cc2)c1. The molecule has 1 heterocycles. The highest BCUT2D eigenvalue weighted by Crippen LogP contribution is 2.30. The van der Waals surface area contributed by atoms with E-state index in [0.29, 0.717) is 34.2 Å². The standard InChI is InChI=1S/C26H21ClF3N3O2/c1-17-5-10-23(27)24(11-17)35-16-18-6-8-20(9-7-18)25(34)32-22-13-31-33(15-22)14-19-3-2-4-21(12-19)26(28,29)30/h2-13,15H,14,16H2,1H3,(H,32,34). The van der Waals surface area contributed by atoms with Crippen molar-refractivity contribution in [2.24, 2.45) is 0 Å². The van der Waals surface area contributed by atoms with Crippen molar-refractivity contribution in [3.05, 3.63) is 112 Å². The summed E-state index contributed by atoms with van der Waals surface area (Å²) in [5.41, 5.74) is 2.51. The van der Waals surface area contributed by atoms with Crippen molar-refractivity contribution in [1.82, 2.24) is 9.78 Å². The number of carbonyl (C=O) groups is 1. The van der Waals surface area contributed by atoms with Gasteiger partial charge >= 0.3 is 6.18 Å².